The minimum Gasteiger partial charge on any atom is -0.508 e. The van der Waals surface area contributed by atoms with E-state index < -0.39 is 41.9 Å². The van der Waals surface area contributed by atoms with Gasteiger partial charge in [0.2, 0.25) is 23.6 Å². The Labute approximate surface area is 279 Å². The number of nitrogens with one attached hydrogen (secondary N) is 3. The molecule has 250 valence electrons. The number of nitrogens with zero attached hydrogens (tertiary/aromatic N) is 1. The second-order valence-corrected chi connectivity index (χ2v) is 12.4. The number of rotatable bonds is 12. The number of aromatic hydroxyl groups is 1. The van der Waals surface area contributed by atoms with Gasteiger partial charge in [-0.2, -0.15) is 0 Å². The normalized spacial score (nSPS) is 16.2. The van der Waals surface area contributed by atoms with Gasteiger partial charge >= 0.3 is 0 Å². The highest BCUT2D eigenvalue weighted by molar-refractivity contribution is 5.96. The molecule has 3 aromatic carbocycles. The van der Waals surface area contributed by atoms with Crippen LogP contribution < -0.4 is 22.1 Å². The predicted molar refractivity (Wildman–Crippen MR) is 184 cm³/mol. The van der Waals surface area contributed by atoms with E-state index in [9.17, 15) is 24.3 Å². The SMILES string of the molecule is C=C(C(N)=O)[C@@H](NC(=O)[C@H](Cc1c[nH]c2ccccc12)NC(=O)[C@@H]1CCCN1C(=O)[C@@H](N)Cc1c(C)cc(O)cc1C)c1ccccc1. The van der Waals surface area contributed by atoms with Crippen molar-refractivity contribution in [2.45, 2.75) is 63.7 Å². The fourth-order valence-corrected chi connectivity index (χ4v) is 6.52. The molecule has 0 spiro atoms. The average molecular weight is 651 g/mol. The number of nitrogens with two attached hydrogens (primary N) is 2. The fourth-order valence-electron chi connectivity index (χ4n) is 6.52. The first-order valence-electron chi connectivity index (χ1n) is 16.0. The first-order chi connectivity index (χ1) is 22.9. The monoisotopic (exact) mass is 650 g/mol. The van der Waals surface area contributed by atoms with E-state index >= 15 is 0 Å². The molecule has 4 amide bonds. The van der Waals surface area contributed by atoms with E-state index in [0.717, 1.165) is 33.2 Å². The molecule has 48 heavy (non-hydrogen) atoms. The summed E-state index contributed by atoms with van der Waals surface area (Å²) in [5.74, 6) is -2.01. The van der Waals surface area contributed by atoms with E-state index in [1.54, 1.807) is 42.6 Å². The molecular weight excluding hydrogens is 608 g/mol. The third kappa shape index (κ3) is 7.42. The number of hydrogen-bond donors (Lipinski definition) is 6. The summed E-state index contributed by atoms with van der Waals surface area (Å²) in [6.45, 7) is 7.88. The molecule has 0 unspecified atom stereocenters. The zero-order chi connectivity index (χ0) is 34.5. The van der Waals surface area contributed by atoms with Crippen LogP contribution >= 0.6 is 0 Å². The summed E-state index contributed by atoms with van der Waals surface area (Å²) < 4.78 is 0. The molecule has 1 aromatic heterocycles. The Kier molecular flexibility index (Phi) is 10.3. The second-order valence-electron chi connectivity index (χ2n) is 12.4. The van der Waals surface area contributed by atoms with E-state index in [0.29, 0.717) is 24.9 Å². The van der Waals surface area contributed by atoms with Crippen LogP contribution in [0.25, 0.3) is 10.9 Å². The Balaban J connectivity index is 1.38. The van der Waals surface area contributed by atoms with Crippen LogP contribution in [0.15, 0.2) is 85.1 Å². The number of fused-ring (bicyclic) bond motifs is 1. The number of phenols is 1. The lowest BCUT2D eigenvalue weighted by Gasteiger charge is -2.29. The minimum atomic E-state index is -1.07. The molecule has 11 heteroatoms. The van der Waals surface area contributed by atoms with Crippen LogP contribution in [-0.2, 0) is 32.0 Å². The van der Waals surface area contributed by atoms with Crippen molar-refractivity contribution in [3.8, 4) is 5.75 Å². The van der Waals surface area contributed by atoms with Gasteiger partial charge in [0.1, 0.15) is 17.8 Å². The zero-order valence-corrected chi connectivity index (χ0v) is 27.2. The van der Waals surface area contributed by atoms with Crippen LogP contribution in [0.2, 0.25) is 0 Å². The molecule has 1 aliphatic heterocycles. The number of carbonyl (C=O) groups is 4. The van der Waals surface area contributed by atoms with Crippen LogP contribution in [0.3, 0.4) is 0 Å². The molecule has 4 atom stereocenters. The van der Waals surface area contributed by atoms with E-state index in [1.165, 1.54) is 4.90 Å². The zero-order valence-electron chi connectivity index (χ0n) is 27.2. The minimum absolute atomic E-state index is 0.00706. The number of amides is 4. The van der Waals surface area contributed by atoms with Gasteiger partial charge in [0.15, 0.2) is 0 Å². The van der Waals surface area contributed by atoms with Gasteiger partial charge in [-0.25, -0.2) is 0 Å². The molecule has 0 bridgehead atoms. The molecule has 0 radical (unpaired) electrons. The number of phenolic OH excluding ortho intramolecular Hbond substituents is 1. The number of carbonyl (C=O) groups excluding carboxylic acids is 4. The van der Waals surface area contributed by atoms with Crippen molar-refractivity contribution < 1.29 is 24.3 Å². The first-order valence-corrected chi connectivity index (χ1v) is 16.0. The number of aromatic amines is 1. The van der Waals surface area contributed by atoms with E-state index in [-0.39, 0.29) is 30.1 Å². The molecule has 2 heterocycles. The standard InChI is InChI=1S/C37H42N6O5/c1-21-16-26(44)17-22(2)28(21)19-29(38)37(48)43-15-9-14-32(43)36(47)41-31(18-25-20-40-30-13-8-7-12-27(25)30)35(46)42-33(23(3)34(39)45)24-10-5-4-6-11-24/h4-8,10-13,16-17,20,29,31-33,40,44H,3,9,14-15,18-19,38H2,1-2H3,(H2,39,45)(H,41,47)(H,42,46)/t29-,31-,32-,33+/m0/s1. The number of aromatic nitrogens is 1. The molecule has 0 saturated carbocycles. The number of primary amides is 1. The maximum absolute atomic E-state index is 14.0. The van der Waals surface area contributed by atoms with Gasteiger partial charge in [0, 0.05) is 35.6 Å². The van der Waals surface area contributed by atoms with Crippen molar-refractivity contribution in [1.29, 1.82) is 0 Å². The quantitative estimate of drug-likeness (QED) is 0.128. The van der Waals surface area contributed by atoms with Gasteiger partial charge in [0.05, 0.1) is 12.1 Å². The molecule has 0 aliphatic carbocycles. The summed E-state index contributed by atoms with van der Waals surface area (Å²) in [5, 5.41) is 16.6. The van der Waals surface area contributed by atoms with Gasteiger partial charge in [-0.15, -0.1) is 0 Å². The summed E-state index contributed by atoms with van der Waals surface area (Å²) >= 11 is 0. The summed E-state index contributed by atoms with van der Waals surface area (Å²) in [6, 6.07) is 16.0. The third-order valence-electron chi connectivity index (χ3n) is 9.08. The molecule has 11 nitrogen and oxygen atoms in total. The van der Waals surface area contributed by atoms with Crippen LogP contribution in [0.1, 0.15) is 46.7 Å². The summed E-state index contributed by atoms with van der Waals surface area (Å²) in [6.07, 6.45) is 3.19. The van der Waals surface area contributed by atoms with Gasteiger partial charge in [-0.3, -0.25) is 19.2 Å². The molecule has 8 N–H and O–H groups in total. The van der Waals surface area contributed by atoms with Gasteiger partial charge < -0.3 is 37.1 Å². The number of para-hydroxylation sites is 1. The van der Waals surface area contributed by atoms with Crippen molar-refractivity contribution in [2.24, 2.45) is 11.5 Å². The summed E-state index contributed by atoms with van der Waals surface area (Å²) in [5.41, 5.74) is 16.8. The molecule has 4 aromatic rings. The Bertz CT molecular complexity index is 1830. The van der Waals surface area contributed by atoms with Crippen LogP contribution in [0.4, 0.5) is 0 Å². The number of benzene rings is 3. The lowest BCUT2D eigenvalue weighted by Crippen LogP contribution is -2.56. The highest BCUT2D eigenvalue weighted by Gasteiger charge is 2.38. The van der Waals surface area contributed by atoms with E-state index in [4.69, 9.17) is 11.5 Å². The molecule has 5 rings (SSSR count). The molecule has 1 saturated heterocycles. The van der Waals surface area contributed by atoms with Crippen LogP contribution in [-0.4, -0.2) is 63.3 Å². The highest BCUT2D eigenvalue weighted by Crippen LogP contribution is 2.26. The van der Waals surface area contributed by atoms with Crippen molar-refractivity contribution in [1.82, 2.24) is 20.5 Å². The number of H-pyrrole nitrogens is 1. The fraction of sp³-hybridized carbons (Fsp3) is 0.297. The van der Waals surface area contributed by atoms with Gasteiger partial charge in [-0.1, -0.05) is 55.1 Å². The second kappa shape index (κ2) is 14.6. The topological polar surface area (TPSA) is 184 Å². The van der Waals surface area contributed by atoms with Crippen molar-refractivity contribution in [2.75, 3.05) is 6.54 Å². The van der Waals surface area contributed by atoms with E-state index in [2.05, 4.69) is 22.2 Å². The highest BCUT2D eigenvalue weighted by atomic mass is 16.3. The first kappa shape index (κ1) is 33.9. The lowest BCUT2D eigenvalue weighted by molar-refractivity contribution is -0.140. The number of aryl methyl sites for hydroxylation is 2. The number of likely N-dealkylation sites (tertiary alicyclic amines) is 1. The average Bonchev–Trinajstić information content (AvgIpc) is 3.72. The Morgan fingerprint density at radius 1 is 1.00 bits per heavy atom. The largest absolute Gasteiger partial charge is 0.508 e. The Morgan fingerprint density at radius 3 is 2.35 bits per heavy atom. The van der Waals surface area contributed by atoms with E-state index in [1.807, 2.05) is 44.2 Å². The van der Waals surface area contributed by atoms with Crippen molar-refractivity contribution in [3.05, 3.63) is 113 Å². The van der Waals surface area contributed by atoms with Crippen molar-refractivity contribution in [3.63, 3.8) is 0 Å². The maximum Gasteiger partial charge on any atom is 0.246 e. The Morgan fingerprint density at radius 2 is 1.67 bits per heavy atom. The molecule has 1 aliphatic rings. The summed E-state index contributed by atoms with van der Waals surface area (Å²) in [7, 11) is 0. The third-order valence-corrected chi connectivity index (χ3v) is 9.08. The van der Waals surface area contributed by atoms with Crippen LogP contribution in [0.5, 0.6) is 5.75 Å². The lowest BCUT2D eigenvalue weighted by atomic mass is 9.95. The summed E-state index contributed by atoms with van der Waals surface area (Å²) in [4.78, 5) is 58.5. The maximum atomic E-state index is 14.0. The molecular formula is C37H42N6O5. The van der Waals surface area contributed by atoms with Crippen molar-refractivity contribution >= 4 is 34.5 Å². The smallest absolute Gasteiger partial charge is 0.246 e. The van der Waals surface area contributed by atoms with Gasteiger partial charge in [0.25, 0.3) is 0 Å². The molecule has 1 fully saturated rings. The number of hydrogen-bond acceptors (Lipinski definition) is 6. The predicted octanol–water partition coefficient (Wildman–Crippen LogP) is 2.98. The Hall–Kier alpha value is -5.42. The van der Waals surface area contributed by atoms with Crippen LogP contribution in [0, 0.1) is 13.8 Å². The van der Waals surface area contributed by atoms with Gasteiger partial charge in [-0.05, 0) is 79.1 Å².